The van der Waals surface area contributed by atoms with E-state index in [4.69, 9.17) is 20.6 Å². The molecular formula is C16H18N4O2. The molecule has 6 nitrogen and oxygen atoms in total. The second-order valence-corrected chi connectivity index (χ2v) is 5.38. The number of nitrogens with two attached hydrogens (primary N) is 1. The number of nitrogens with zero attached hydrogens (tertiary/aromatic N) is 2. The molecule has 0 saturated carbocycles. The molecule has 6 heteroatoms. The third-order valence-electron chi connectivity index (χ3n) is 3.87. The summed E-state index contributed by atoms with van der Waals surface area (Å²) in [4.78, 5) is 8.12. The fourth-order valence-corrected chi connectivity index (χ4v) is 2.71. The first-order valence-corrected chi connectivity index (χ1v) is 7.16. The van der Waals surface area contributed by atoms with Crippen LogP contribution >= 0.6 is 0 Å². The molecule has 0 saturated heterocycles. The van der Waals surface area contributed by atoms with Gasteiger partial charge in [0.25, 0.3) is 6.02 Å². The summed E-state index contributed by atoms with van der Waals surface area (Å²) < 4.78 is 11.3. The highest BCUT2D eigenvalue weighted by atomic mass is 16.5. The molecule has 22 heavy (non-hydrogen) atoms. The van der Waals surface area contributed by atoms with Gasteiger partial charge in [-0.2, -0.15) is 0 Å². The summed E-state index contributed by atoms with van der Waals surface area (Å²) in [6.45, 7) is 2.45. The number of ether oxygens (including phenoxy) is 2. The molecule has 0 amide bonds. The van der Waals surface area contributed by atoms with Crippen molar-refractivity contribution in [1.82, 2.24) is 9.97 Å². The fourth-order valence-electron chi connectivity index (χ4n) is 2.71. The maximum atomic E-state index is 7.24. The lowest BCUT2D eigenvalue weighted by Crippen LogP contribution is -2.34. The van der Waals surface area contributed by atoms with Crippen LogP contribution in [0.5, 0.6) is 5.75 Å². The van der Waals surface area contributed by atoms with Gasteiger partial charge < -0.3 is 15.2 Å². The molecule has 1 aromatic carbocycles. The van der Waals surface area contributed by atoms with Crippen LogP contribution in [0.25, 0.3) is 11.1 Å². The first kappa shape index (κ1) is 14.3. The second-order valence-electron chi connectivity index (χ2n) is 5.38. The molecule has 0 bridgehead atoms. The number of rotatable bonds is 3. The van der Waals surface area contributed by atoms with Crippen LogP contribution in [0.2, 0.25) is 0 Å². The van der Waals surface area contributed by atoms with Crippen molar-refractivity contribution in [3.05, 3.63) is 42.5 Å². The van der Waals surface area contributed by atoms with Gasteiger partial charge in [0.15, 0.2) is 0 Å². The van der Waals surface area contributed by atoms with Crippen LogP contribution in [0.3, 0.4) is 0 Å². The van der Waals surface area contributed by atoms with E-state index < -0.39 is 0 Å². The van der Waals surface area contributed by atoms with Gasteiger partial charge in [-0.15, -0.1) is 0 Å². The number of fused-ring (bicyclic) bond motifs is 1. The topological polar surface area (TPSA) is 94.1 Å². The van der Waals surface area contributed by atoms with Crippen LogP contribution < -0.4 is 10.5 Å². The van der Waals surface area contributed by atoms with Crippen molar-refractivity contribution in [2.24, 2.45) is 11.7 Å². The monoisotopic (exact) mass is 298 g/mol. The van der Waals surface area contributed by atoms with Gasteiger partial charge >= 0.3 is 0 Å². The summed E-state index contributed by atoms with van der Waals surface area (Å²) in [5.41, 5.74) is 8.36. The van der Waals surface area contributed by atoms with Crippen molar-refractivity contribution in [3.8, 4) is 16.9 Å². The molecule has 1 aliphatic rings. The lowest BCUT2D eigenvalue weighted by Gasteiger charge is -2.30. The predicted octanol–water partition coefficient (Wildman–Crippen LogP) is 1.99. The summed E-state index contributed by atoms with van der Waals surface area (Å²) in [6, 6.07) is 5.81. The third kappa shape index (κ3) is 2.86. The average Bonchev–Trinajstić information content (AvgIpc) is 2.54. The van der Waals surface area contributed by atoms with Crippen molar-refractivity contribution in [2.45, 2.75) is 19.4 Å². The zero-order valence-corrected chi connectivity index (χ0v) is 12.3. The molecule has 114 valence electrons. The molecule has 3 rings (SSSR count). The van der Waals surface area contributed by atoms with Gasteiger partial charge in [0.05, 0.1) is 6.61 Å². The highest BCUT2D eigenvalue weighted by Gasteiger charge is 2.28. The Morgan fingerprint density at radius 1 is 1.41 bits per heavy atom. The van der Waals surface area contributed by atoms with Gasteiger partial charge in [0.2, 0.25) is 0 Å². The molecular weight excluding hydrogens is 280 g/mol. The van der Waals surface area contributed by atoms with Gasteiger partial charge in [0.1, 0.15) is 18.2 Å². The molecule has 1 aromatic heterocycles. The van der Waals surface area contributed by atoms with Crippen molar-refractivity contribution >= 4 is 6.02 Å². The molecule has 3 N–H and O–H groups in total. The Morgan fingerprint density at radius 3 is 2.91 bits per heavy atom. The summed E-state index contributed by atoms with van der Waals surface area (Å²) >= 11 is 0. The van der Waals surface area contributed by atoms with Gasteiger partial charge in [-0.05, 0) is 18.9 Å². The predicted molar refractivity (Wildman–Crippen MR) is 82.6 cm³/mol. The summed E-state index contributed by atoms with van der Waals surface area (Å²) in [6.07, 6.45) is 5.73. The second kappa shape index (κ2) is 6.01. The highest BCUT2D eigenvalue weighted by Crippen LogP contribution is 2.37. The molecule has 0 fully saturated rings. The first-order chi connectivity index (χ1) is 10.6. The van der Waals surface area contributed by atoms with Crippen molar-refractivity contribution < 1.29 is 9.47 Å². The number of para-hydroxylation sites is 1. The Morgan fingerprint density at radius 2 is 2.18 bits per heavy atom. The number of benzene rings is 1. The van der Waals surface area contributed by atoms with E-state index in [9.17, 15) is 0 Å². The summed E-state index contributed by atoms with van der Waals surface area (Å²) in [5.74, 6) is 1.04. The van der Waals surface area contributed by atoms with Crippen LogP contribution in [0, 0.1) is 11.3 Å². The van der Waals surface area contributed by atoms with Crippen LogP contribution in [-0.2, 0) is 11.2 Å². The first-order valence-electron chi connectivity index (χ1n) is 7.16. The Hall–Kier alpha value is -2.63. The van der Waals surface area contributed by atoms with Crippen LogP contribution in [-0.4, -0.2) is 28.7 Å². The minimum atomic E-state index is -0.256. The summed E-state index contributed by atoms with van der Waals surface area (Å²) in [5, 5.41) is 7.24. The molecule has 0 radical (unpaired) electrons. The van der Waals surface area contributed by atoms with Gasteiger partial charge in [0, 0.05) is 29.4 Å². The third-order valence-corrected chi connectivity index (χ3v) is 3.87. The molecule has 0 spiro atoms. The summed E-state index contributed by atoms with van der Waals surface area (Å²) in [7, 11) is 0. The fraction of sp³-hybridized carbons (Fsp3) is 0.312. The van der Waals surface area contributed by atoms with Crippen LogP contribution in [0.1, 0.15) is 12.5 Å². The molecule has 2 heterocycles. The molecule has 1 aliphatic heterocycles. The van der Waals surface area contributed by atoms with Crippen LogP contribution in [0.15, 0.2) is 36.9 Å². The van der Waals surface area contributed by atoms with E-state index in [-0.39, 0.29) is 18.0 Å². The van der Waals surface area contributed by atoms with Gasteiger partial charge in [-0.3, -0.25) is 5.41 Å². The number of hydrogen-bond donors (Lipinski definition) is 2. The molecule has 2 aromatic rings. The SMILES string of the molecule is CC(OC(=N)N)C1COc2c(cccc2-c2cncnc2)C1. The lowest BCUT2D eigenvalue weighted by molar-refractivity contribution is 0.0858. The molecule has 2 atom stereocenters. The number of hydrogen-bond acceptors (Lipinski definition) is 5. The Balaban J connectivity index is 1.86. The van der Waals surface area contributed by atoms with E-state index >= 15 is 0 Å². The highest BCUT2D eigenvalue weighted by molar-refractivity contribution is 5.71. The Kier molecular flexibility index (Phi) is 3.91. The van der Waals surface area contributed by atoms with E-state index in [2.05, 4.69) is 16.0 Å². The number of nitrogens with one attached hydrogen (secondary N) is 1. The Bertz CT molecular complexity index is 675. The van der Waals surface area contributed by atoms with Gasteiger partial charge in [-0.1, -0.05) is 18.2 Å². The maximum absolute atomic E-state index is 7.24. The van der Waals surface area contributed by atoms with E-state index in [1.807, 2.05) is 19.1 Å². The number of aromatic nitrogens is 2. The van der Waals surface area contributed by atoms with E-state index in [1.165, 1.54) is 6.33 Å². The number of amidine groups is 1. The zero-order chi connectivity index (χ0) is 15.5. The van der Waals surface area contributed by atoms with E-state index in [0.29, 0.717) is 6.61 Å². The van der Waals surface area contributed by atoms with E-state index in [0.717, 1.165) is 28.9 Å². The van der Waals surface area contributed by atoms with E-state index in [1.54, 1.807) is 12.4 Å². The molecule has 0 aliphatic carbocycles. The lowest BCUT2D eigenvalue weighted by atomic mass is 9.90. The largest absolute Gasteiger partial charge is 0.492 e. The smallest absolute Gasteiger partial charge is 0.279 e. The Labute approximate surface area is 128 Å². The average molecular weight is 298 g/mol. The minimum absolute atomic E-state index is 0.158. The van der Waals surface area contributed by atoms with Crippen molar-refractivity contribution in [1.29, 1.82) is 5.41 Å². The maximum Gasteiger partial charge on any atom is 0.279 e. The quantitative estimate of drug-likeness (QED) is 0.667. The minimum Gasteiger partial charge on any atom is -0.492 e. The standard InChI is InChI=1S/C16H18N4O2/c1-10(22-16(17)18)12-5-11-3-2-4-14(15(11)21-8-12)13-6-19-9-20-7-13/h2-4,6-7,9-10,12H,5,8H2,1H3,(H3,17,18). The normalized spacial score (nSPS) is 18.0. The van der Waals surface area contributed by atoms with Crippen molar-refractivity contribution in [3.63, 3.8) is 0 Å². The zero-order valence-electron chi connectivity index (χ0n) is 12.3. The van der Waals surface area contributed by atoms with Crippen molar-refractivity contribution in [2.75, 3.05) is 6.61 Å². The van der Waals surface area contributed by atoms with Crippen LogP contribution in [0.4, 0.5) is 0 Å². The molecule has 2 unspecified atom stereocenters. The van der Waals surface area contributed by atoms with Gasteiger partial charge in [-0.25, -0.2) is 9.97 Å².